The number of carbonyl (C=O) groups is 1. The fraction of sp³-hybridized carbons (Fsp3) is 0.500. The highest BCUT2D eigenvalue weighted by atomic mass is 79.9. The molecular weight excluding hydrogens is 424 g/mol. The first-order chi connectivity index (χ1) is 13.1. The Kier molecular flexibility index (Phi) is 8.25. The fourth-order valence-corrected chi connectivity index (χ4v) is 2.81. The Morgan fingerprint density at radius 3 is 2.52 bits per heavy atom. The first-order valence-electron chi connectivity index (χ1n) is 8.11. The van der Waals surface area contributed by atoms with Gasteiger partial charge in [-0.1, -0.05) is 0 Å². The van der Waals surface area contributed by atoms with E-state index in [0.29, 0.717) is 35.4 Å². The third kappa shape index (κ3) is 5.08. The Balaban J connectivity index is 2.43. The number of aldehydes is 1. The van der Waals surface area contributed by atoms with E-state index >= 15 is 0 Å². The molecule has 0 aliphatic rings. The molecule has 11 heteroatoms. The SMILES string of the molecule is CCOC(OC)Oc1c(Br)cc(-c2nnnn2C(OC)OCC)cc1C=O. The molecule has 0 N–H and O–H groups in total. The Hall–Kier alpha value is -1.92. The second-order valence-electron chi connectivity index (χ2n) is 5.04. The van der Waals surface area contributed by atoms with Crippen LogP contribution in [-0.2, 0) is 18.9 Å². The van der Waals surface area contributed by atoms with Crippen LogP contribution in [0.5, 0.6) is 5.75 Å². The summed E-state index contributed by atoms with van der Waals surface area (Å²) in [6.07, 6.45) is -0.141. The van der Waals surface area contributed by atoms with E-state index in [1.54, 1.807) is 19.1 Å². The minimum Gasteiger partial charge on any atom is -0.439 e. The average molecular weight is 445 g/mol. The number of carbonyl (C=O) groups excluding carboxylic acids is 1. The van der Waals surface area contributed by atoms with Crippen molar-refractivity contribution in [2.24, 2.45) is 0 Å². The van der Waals surface area contributed by atoms with Crippen molar-refractivity contribution < 1.29 is 28.5 Å². The van der Waals surface area contributed by atoms with Crippen molar-refractivity contribution in [3.05, 3.63) is 22.2 Å². The van der Waals surface area contributed by atoms with Gasteiger partial charge in [-0.05, 0) is 52.3 Å². The molecule has 2 rings (SSSR count). The largest absolute Gasteiger partial charge is 0.439 e. The molecule has 0 radical (unpaired) electrons. The third-order valence-electron chi connectivity index (χ3n) is 3.37. The van der Waals surface area contributed by atoms with Crippen molar-refractivity contribution >= 4 is 22.2 Å². The van der Waals surface area contributed by atoms with E-state index in [1.165, 1.54) is 18.9 Å². The number of ether oxygens (including phenoxy) is 5. The summed E-state index contributed by atoms with van der Waals surface area (Å²) in [7, 11) is 2.92. The third-order valence-corrected chi connectivity index (χ3v) is 3.96. The predicted octanol–water partition coefficient (Wildman–Crippen LogP) is 2.40. The second kappa shape index (κ2) is 10.4. The van der Waals surface area contributed by atoms with E-state index in [1.807, 2.05) is 6.92 Å². The van der Waals surface area contributed by atoms with Crippen LogP contribution in [0.3, 0.4) is 0 Å². The molecule has 1 aromatic heterocycles. The lowest BCUT2D eigenvalue weighted by Crippen LogP contribution is -2.23. The predicted molar refractivity (Wildman–Crippen MR) is 97.1 cm³/mol. The van der Waals surface area contributed by atoms with Gasteiger partial charge in [0, 0.05) is 26.4 Å². The van der Waals surface area contributed by atoms with Crippen LogP contribution in [0, 0.1) is 0 Å². The van der Waals surface area contributed by atoms with Gasteiger partial charge in [0.05, 0.1) is 16.6 Å². The number of benzene rings is 1. The van der Waals surface area contributed by atoms with Crippen LogP contribution in [-0.4, -0.2) is 60.4 Å². The number of rotatable bonds is 11. The zero-order chi connectivity index (χ0) is 19.8. The standard InChI is InChI=1S/C16H21BrN4O6/c1-5-25-15(23-3)21-14(18-19-20-21)10-7-11(9-22)13(12(17)8-10)27-16(24-4)26-6-2/h7-9,15-16H,5-6H2,1-4H3. The van der Waals surface area contributed by atoms with E-state index in [9.17, 15) is 4.79 Å². The van der Waals surface area contributed by atoms with E-state index < -0.39 is 12.9 Å². The van der Waals surface area contributed by atoms with Gasteiger partial charge in [0.25, 0.3) is 6.41 Å². The number of hydrogen-bond acceptors (Lipinski definition) is 9. The molecule has 2 atom stereocenters. The van der Waals surface area contributed by atoms with Crippen molar-refractivity contribution in [2.75, 3.05) is 27.4 Å². The number of halogens is 1. The molecule has 148 valence electrons. The van der Waals surface area contributed by atoms with E-state index in [0.717, 1.165) is 0 Å². The first kappa shape index (κ1) is 21.4. The molecule has 0 amide bonds. The van der Waals surface area contributed by atoms with Gasteiger partial charge in [-0.3, -0.25) is 4.79 Å². The van der Waals surface area contributed by atoms with Gasteiger partial charge in [-0.2, -0.15) is 4.68 Å². The number of methoxy groups -OCH3 is 2. The highest BCUT2D eigenvalue weighted by molar-refractivity contribution is 9.10. The Morgan fingerprint density at radius 2 is 1.93 bits per heavy atom. The average Bonchev–Trinajstić information content (AvgIpc) is 3.16. The van der Waals surface area contributed by atoms with Crippen LogP contribution in [0.1, 0.15) is 30.6 Å². The summed E-state index contributed by atoms with van der Waals surface area (Å²) >= 11 is 3.41. The second-order valence-corrected chi connectivity index (χ2v) is 5.89. The first-order valence-corrected chi connectivity index (χ1v) is 8.91. The Morgan fingerprint density at radius 1 is 1.19 bits per heavy atom. The van der Waals surface area contributed by atoms with Gasteiger partial charge in [0.1, 0.15) is 5.75 Å². The van der Waals surface area contributed by atoms with Crippen molar-refractivity contribution in [2.45, 2.75) is 26.7 Å². The zero-order valence-electron chi connectivity index (χ0n) is 15.4. The maximum Gasteiger partial charge on any atom is 0.315 e. The molecule has 0 aliphatic carbocycles. The van der Waals surface area contributed by atoms with E-state index in [2.05, 4.69) is 31.5 Å². The van der Waals surface area contributed by atoms with Crippen LogP contribution >= 0.6 is 15.9 Å². The van der Waals surface area contributed by atoms with Crippen LogP contribution in [0.4, 0.5) is 0 Å². The molecule has 0 saturated carbocycles. The van der Waals surface area contributed by atoms with Crippen LogP contribution in [0.15, 0.2) is 16.6 Å². The molecule has 0 aliphatic heterocycles. The molecule has 0 spiro atoms. The monoisotopic (exact) mass is 444 g/mol. The highest BCUT2D eigenvalue weighted by Crippen LogP contribution is 2.34. The number of tetrazole rings is 1. The Labute approximate surface area is 164 Å². The minimum atomic E-state index is -0.947. The van der Waals surface area contributed by atoms with Gasteiger partial charge in [-0.15, -0.1) is 5.10 Å². The summed E-state index contributed by atoms with van der Waals surface area (Å²) in [6, 6.07) is 3.30. The molecule has 0 saturated heterocycles. The van der Waals surface area contributed by atoms with E-state index in [4.69, 9.17) is 23.7 Å². The lowest BCUT2D eigenvalue weighted by atomic mass is 10.1. The summed E-state index contributed by atoms with van der Waals surface area (Å²) in [5.74, 6) is 0.639. The lowest BCUT2D eigenvalue weighted by Gasteiger charge is -2.20. The smallest absolute Gasteiger partial charge is 0.315 e. The molecule has 1 aromatic carbocycles. The van der Waals surface area contributed by atoms with Gasteiger partial charge < -0.3 is 23.7 Å². The molecule has 27 heavy (non-hydrogen) atoms. The maximum absolute atomic E-state index is 11.6. The highest BCUT2D eigenvalue weighted by Gasteiger charge is 2.22. The summed E-state index contributed by atoms with van der Waals surface area (Å²) < 4.78 is 28.6. The van der Waals surface area contributed by atoms with Gasteiger partial charge >= 0.3 is 6.48 Å². The van der Waals surface area contributed by atoms with Crippen LogP contribution in [0.2, 0.25) is 0 Å². The molecule has 0 fully saturated rings. The molecule has 10 nitrogen and oxygen atoms in total. The normalized spacial score (nSPS) is 13.4. The van der Waals surface area contributed by atoms with Gasteiger partial charge in [0.2, 0.25) is 0 Å². The van der Waals surface area contributed by atoms with Crippen molar-refractivity contribution in [1.29, 1.82) is 0 Å². The van der Waals surface area contributed by atoms with Crippen LogP contribution < -0.4 is 4.74 Å². The molecule has 0 bridgehead atoms. The summed E-state index contributed by atoms with van der Waals surface area (Å²) in [5, 5.41) is 11.6. The molecule has 2 aromatic rings. The quantitative estimate of drug-likeness (QED) is 0.381. The van der Waals surface area contributed by atoms with Crippen molar-refractivity contribution in [3.63, 3.8) is 0 Å². The fourth-order valence-electron chi connectivity index (χ4n) is 2.24. The number of aromatic nitrogens is 4. The number of hydrogen-bond donors (Lipinski definition) is 0. The summed E-state index contributed by atoms with van der Waals surface area (Å²) in [4.78, 5) is 11.6. The summed E-state index contributed by atoms with van der Waals surface area (Å²) in [6.45, 7) is 3.47. The Bertz CT molecular complexity index is 757. The topological polar surface area (TPSA) is 107 Å². The van der Waals surface area contributed by atoms with Crippen molar-refractivity contribution in [3.8, 4) is 17.1 Å². The minimum absolute atomic E-state index is 0.265. The zero-order valence-corrected chi connectivity index (χ0v) is 17.0. The number of nitrogens with zero attached hydrogens (tertiary/aromatic N) is 4. The molecular formula is C16H21BrN4O6. The maximum atomic E-state index is 11.6. The lowest BCUT2D eigenvalue weighted by molar-refractivity contribution is -0.231. The molecule has 2 unspecified atom stereocenters. The van der Waals surface area contributed by atoms with Crippen LogP contribution in [0.25, 0.3) is 11.4 Å². The van der Waals surface area contributed by atoms with Gasteiger partial charge in [0.15, 0.2) is 12.1 Å². The van der Waals surface area contributed by atoms with E-state index in [-0.39, 0.29) is 11.3 Å². The van der Waals surface area contributed by atoms with Crippen molar-refractivity contribution in [1.82, 2.24) is 20.2 Å². The molecule has 1 heterocycles. The summed E-state index contributed by atoms with van der Waals surface area (Å²) in [5.41, 5.74) is 0.828. The van der Waals surface area contributed by atoms with Gasteiger partial charge in [-0.25, -0.2) is 0 Å².